The van der Waals surface area contributed by atoms with Crippen molar-refractivity contribution in [3.8, 4) is 0 Å². The summed E-state index contributed by atoms with van der Waals surface area (Å²) in [6.07, 6.45) is 4.64. The van der Waals surface area contributed by atoms with Crippen LogP contribution in [0.4, 0.5) is 5.82 Å². The van der Waals surface area contributed by atoms with Crippen LogP contribution in [0.3, 0.4) is 0 Å². The van der Waals surface area contributed by atoms with Crippen molar-refractivity contribution >= 4 is 45.0 Å². The van der Waals surface area contributed by atoms with Gasteiger partial charge >= 0.3 is 0 Å². The molecule has 0 spiro atoms. The van der Waals surface area contributed by atoms with Crippen molar-refractivity contribution in [3.63, 3.8) is 0 Å². The number of hydrogen-bond donors (Lipinski definition) is 2. The maximum atomic E-state index is 11.9. The van der Waals surface area contributed by atoms with E-state index in [1.807, 2.05) is 19.0 Å². The van der Waals surface area contributed by atoms with Gasteiger partial charge in [-0.25, -0.2) is 9.97 Å². The summed E-state index contributed by atoms with van der Waals surface area (Å²) in [7, 11) is 3.96. The molecule has 0 radical (unpaired) electrons. The van der Waals surface area contributed by atoms with Gasteiger partial charge in [0.05, 0.1) is 11.1 Å². The maximum absolute atomic E-state index is 11.9. The molecule has 8 heteroatoms. The molecular formula is C18H27N5OS2. The Balaban J connectivity index is 1.68. The van der Waals surface area contributed by atoms with E-state index in [9.17, 15) is 4.79 Å². The molecule has 1 amide bonds. The first-order chi connectivity index (χ1) is 12.5. The zero-order chi connectivity index (χ0) is 18.7. The van der Waals surface area contributed by atoms with Crippen molar-refractivity contribution in [2.24, 2.45) is 5.92 Å². The quantitative estimate of drug-likeness (QED) is 0.556. The van der Waals surface area contributed by atoms with Gasteiger partial charge in [0.1, 0.15) is 10.6 Å². The van der Waals surface area contributed by atoms with Crippen LogP contribution >= 0.6 is 23.1 Å². The molecule has 0 fully saturated rings. The van der Waals surface area contributed by atoms with Gasteiger partial charge in [-0.2, -0.15) is 0 Å². The van der Waals surface area contributed by atoms with Crippen LogP contribution in [0.25, 0.3) is 10.2 Å². The van der Waals surface area contributed by atoms with E-state index in [1.165, 1.54) is 35.0 Å². The number of thioether (sulfide) groups is 1. The molecule has 0 aromatic carbocycles. The first kappa shape index (κ1) is 19.4. The highest BCUT2D eigenvalue weighted by Crippen LogP contribution is 2.40. The van der Waals surface area contributed by atoms with Crippen LogP contribution in [0.5, 0.6) is 0 Å². The lowest BCUT2D eigenvalue weighted by atomic mass is 9.86. The molecular weight excluding hydrogens is 366 g/mol. The molecule has 0 saturated carbocycles. The van der Waals surface area contributed by atoms with E-state index in [4.69, 9.17) is 5.73 Å². The Kier molecular flexibility index (Phi) is 6.37. The number of carbonyl (C=O) groups is 1. The van der Waals surface area contributed by atoms with Gasteiger partial charge in [-0.05, 0) is 44.8 Å². The highest BCUT2D eigenvalue weighted by molar-refractivity contribution is 7.99. The fourth-order valence-corrected chi connectivity index (χ4v) is 5.35. The number of fused-ring (bicyclic) bond motifs is 3. The van der Waals surface area contributed by atoms with E-state index in [2.05, 4.69) is 22.2 Å². The second-order valence-electron chi connectivity index (χ2n) is 7.03. The Morgan fingerprint density at radius 2 is 2.23 bits per heavy atom. The molecule has 26 heavy (non-hydrogen) atoms. The molecule has 1 aliphatic carbocycles. The summed E-state index contributed by atoms with van der Waals surface area (Å²) < 4.78 is 0. The summed E-state index contributed by atoms with van der Waals surface area (Å²) in [6.45, 7) is 3.73. The van der Waals surface area contributed by atoms with Gasteiger partial charge < -0.3 is 16.0 Å². The molecule has 1 aliphatic rings. The van der Waals surface area contributed by atoms with Crippen molar-refractivity contribution in [2.45, 2.75) is 37.8 Å². The minimum Gasteiger partial charge on any atom is -0.383 e. The zero-order valence-electron chi connectivity index (χ0n) is 15.7. The van der Waals surface area contributed by atoms with Gasteiger partial charge in [-0.15, -0.1) is 11.3 Å². The van der Waals surface area contributed by atoms with Crippen LogP contribution in [0.2, 0.25) is 0 Å². The molecule has 6 nitrogen and oxygen atoms in total. The first-order valence-corrected chi connectivity index (χ1v) is 10.9. The second-order valence-corrected chi connectivity index (χ2v) is 9.06. The fourth-order valence-electron chi connectivity index (χ4n) is 3.27. The van der Waals surface area contributed by atoms with Gasteiger partial charge in [0.15, 0.2) is 5.16 Å². The molecule has 3 N–H and O–H groups in total. The number of aryl methyl sites for hydroxylation is 1. The summed E-state index contributed by atoms with van der Waals surface area (Å²) in [5.74, 6) is 1.62. The molecule has 0 aliphatic heterocycles. The van der Waals surface area contributed by atoms with Crippen LogP contribution in [0.15, 0.2) is 5.16 Å². The Labute approximate surface area is 163 Å². The summed E-state index contributed by atoms with van der Waals surface area (Å²) in [5, 5.41) is 4.53. The minimum absolute atomic E-state index is 0.00428. The molecule has 0 bridgehead atoms. The average molecular weight is 394 g/mol. The lowest BCUT2D eigenvalue weighted by molar-refractivity contribution is -0.118. The topological polar surface area (TPSA) is 84.1 Å². The smallest absolute Gasteiger partial charge is 0.230 e. The van der Waals surface area contributed by atoms with E-state index >= 15 is 0 Å². The maximum Gasteiger partial charge on any atom is 0.230 e. The summed E-state index contributed by atoms with van der Waals surface area (Å²) in [4.78, 5) is 25.5. The van der Waals surface area contributed by atoms with Crippen molar-refractivity contribution in [1.82, 2.24) is 20.2 Å². The first-order valence-electron chi connectivity index (χ1n) is 9.09. The average Bonchev–Trinajstić information content (AvgIpc) is 2.97. The molecule has 0 saturated heterocycles. The Hall–Kier alpha value is -1.38. The van der Waals surface area contributed by atoms with Crippen molar-refractivity contribution in [1.29, 1.82) is 0 Å². The number of nitrogens with zero attached hydrogens (tertiary/aromatic N) is 3. The van der Waals surface area contributed by atoms with Gasteiger partial charge in [0.2, 0.25) is 5.91 Å². The molecule has 142 valence electrons. The van der Waals surface area contributed by atoms with E-state index in [0.717, 1.165) is 35.5 Å². The third kappa shape index (κ3) is 4.47. The molecule has 2 aromatic heterocycles. The molecule has 1 atom stereocenters. The number of carbonyl (C=O) groups excluding carboxylic acids is 1. The van der Waals surface area contributed by atoms with Crippen molar-refractivity contribution < 1.29 is 4.79 Å². The molecule has 1 unspecified atom stereocenters. The number of likely N-dealkylation sites (N-methyl/N-ethyl adjacent to an activating group) is 1. The minimum atomic E-state index is -0.00428. The number of anilines is 1. The molecule has 3 rings (SSSR count). The van der Waals surface area contributed by atoms with Crippen LogP contribution in [-0.2, 0) is 17.6 Å². The normalized spacial score (nSPS) is 16.8. The van der Waals surface area contributed by atoms with E-state index < -0.39 is 0 Å². The lowest BCUT2D eigenvalue weighted by Crippen LogP contribution is -2.32. The van der Waals surface area contributed by atoms with Crippen LogP contribution < -0.4 is 11.1 Å². The summed E-state index contributed by atoms with van der Waals surface area (Å²) in [5.41, 5.74) is 7.60. The Morgan fingerprint density at radius 1 is 1.42 bits per heavy atom. The van der Waals surface area contributed by atoms with Crippen molar-refractivity contribution in [3.05, 3.63) is 10.4 Å². The third-order valence-corrected chi connectivity index (χ3v) is 6.80. The Bertz CT molecular complexity index is 789. The van der Waals surface area contributed by atoms with E-state index in [0.29, 0.717) is 23.3 Å². The number of rotatable bonds is 7. The number of amides is 1. The summed E-state index contributed by atoms with van der Waals surface area (Å²) in [6, 6.07) is 0. The molecule has 2 heterocycles. The van der Waals surface area contributed by atoms with Crippen LogP contribution in [-0.4, -0.2) is 53.7 Å². The van der Waals surface area contributed by atoms with Gasteiger partial charge in [0.25, 0.3) is 0 Å². The third-order valence-electron chi connectivity index (χ3n) is 4.81. The fraction of sp³-hybridized carbons (Fsp3) is 0.611. The number of aromatic nitrogens is 2. The molecule has 2 aromatic rings. The van der Waals surface area contributed by atoms with E-state index in [-0.39, 0.29) is 5.91 Å². The standard InChI is InChI=1S/C18H27N5OS2/c1-4-11-5-6-12-13(9-11)26-17-15(12)16(19)21-18(22-17)25-10-14(24)20-7-8-23(2)3/h11H,4-10H2,1-3H3,(H,20,24)(H2,19,21,22). The van der Waals surface area contributed by atoms with Crippen LogP contribution in [0, 0.1) is 5.92 Å². The van der Waals surface area contributed by atoms with Gasteiger partial charge in [-0.1, -0.05) is 25.1 Å². The van der Waals surface area contributed by atoms with Crippen molar-refractivity contribution in [2.75, 3.05) is 38.7 Å². The summed E-state index contributed by atoms with van der Waals surface area (Å²) >= 11 is 3.09. The number of hydrogen-bond acceptors (Lipinski definition) is 7. The number of nitrogens with two attached hydrogens (primary N) is 1. The lowest BCUT2D eigenvalue weighted by Gasteiger charge is -2.20. The highest BCUT2D eigenvalue weighted by atomic mass is 32.2. The highest BCUT2D eigenvalue weighted by Gasteiger charge is 2.24. The number of nitrogen functional groups attached to an aromatic ring is 1. The largest absolute Gasteiger partial charge is 0.383 e. The van der Waals surface area contributed by atoms with Crippen LogP contribution in [0.1, 0.15) is 30.2 Å². The number of thiophene rings is 1. The predicted molar refractivity (Wildman–Crippen MR) is 110 cm³/mol. The second kappa shape index (κ2) is 8.54. The zero-order valence-corrected chi connectivity index (χ0v) is 17.3. The van der Waals surface area contributed by atoms with Gasteiger partial charge in [0, 0.05) is 18.0 Å². The Morgan fingerprint density at radius 3 is 2.96 bits per heavy atom. The monoisotopic (exact) mass is 393 g/mol. The predicted octanol–water partition coefficient (Wildman–Crippen LogP) is 2.56. The van der Waals surface area contributed by atoms with E-state index in [1.54, 1.807) is 11.3 Å². The SMILES string of the molecule is CCC1CCc2c(sc3nc(SCC(=O)NCCN(C)C)nc(N)c23)C1. The number of nitrogens with one attached hydrogen (secondary N) is 1. The van der Waals surface area contributed by atoms with Gasteiger partial charge in [-0.3, -0.25) is 4.79 Å².